The smallest absolute Gasteiger partial charge is 0.366 e. The van der Waals surface area contributed by atoms with Gasteiger partial charge in [-0.15, -0.1) is 0 Å². The summed E-state index contributed by atoms with van der Waals surface area (Å²) in [4.78, 5) is 4.83. The van der Waals surface area contributed by atoms with E-state index in [0.29, 0.717) is 12.1 Å². The van der Waals surface area contributed by atoms with Gasteiger partial charge in [0.15, 0.2) is 0 Å². The quantitative estimate of drug-likeness (QED) is 0.820. The average molecular weight is 298 g/mol. The fourth-order valence-corrected chi connectivity index (χ4v) is 3.60. The molecule has 3 rings (SSSR count). The lowest BCUT2D eigenvalue weighted by Gasteiger charge is -2.45. The summed E-state index contributed by atoms with van der Waals surface area (Å²) < 4.78 is 38.0. The summed E-state index contributed by atoms with van der Waals surface area (Å²) in [7, 11) is 0. The lowest BCUT2D eigenvalue weighted by molar-refractivity contribution is -0.137. The first-order chi connectivity index (χ1) is 9.99. The van der Waals surface area contributed by atoms with E-state index < -0.39 is 11.7 Å². The molecule has 2 aliphatic rings. The Labute approximate surface area is 123 Å². The van der Waals surface area contributed by atoms with Gasteiger partial charge < -0.3 is 4.90 Å². The van der Waals surface area contributed by atoms with E-state index in [2.05, 4.69) is 16.7 Å². The van der Waals surface area contributed by atoms with Gasteiger partial charge in [0.05, 0.1) is 5.56 Å². The Kier molecular flexibility index (Phi) is 3.86. The zero-order valence-electron chi connectivity index (χ0n) is 12.2. The van der Waals surface area contributed by atoms with E-state index in [1.165, 1.54) is 31.5 Å². The van der Waals surface area contributed by atoms with Crippen LogP contribution in [0, 0.1) is 0 Å². The van der Waals surface area contributed by atoms with Gasteiger partial charge in [-0.3, -0.25) is 4.90 Å². The van der Waals surface area contributed by atoms with Crippen LogP contribution < -0.4 is 4.90 Å². The maximum atomic E-state index is 12.7. The fourth-order valence-electron chi connectivity index (χ4n) is 3.60. The summed E-state index contributed by atoms with van der Waals surface area (Å²) in [5.74, 6) is 0. The first-order valence-corrected chi connectivity index (χ1v) is 7.67. The molecule has 0 aromatic heterocycles. The van der Waals surface area contributed by atoms with Crippen molar-refractivity contribution in [2.45, 2.75) is 44.4 Å². The molecule has 0 spiro atoms. The molecule has 5 heteroatoms. The van der Waals surface area contributed by atoms with Crippen LogP contribution in [0.4, 0.5) is 18.9 Å². The van der Waals surface area contributed by atoms with Gasteiger partial charge in [-0.2, -0.15) is 13.2 Å². The Bertz CT molecular complexity index is 483. The van der Waals surface area contributed by atoms with Crippen molar-refractivity contribution in [3.05, 3.63) is 29.8 Å². The van der Waals surface area contributed by atoms with Gasteiger partial charge in [-0.05, 0) is 50.1 Å². The van der Waals surface area contributed by atoms with Crippen molar-refractivity contribution in [1.82, 2.24) is 4.90 Å². The van der Waals surface area contributed by atoms with Gasteiger partial charge in [-0.1, -0.05) is 6.92 Å². The predicted octanol–water partition coefficient (Wildman–Crippen LogP) is 3.77. The van der Waals surface area contributed by atoms with E-state index in [4.69, 9.17) is 0 Å². The number of fused-ring (bicyclic) bond motifs is 1. The van der Waals surface area contributed by atoms with E-state index in [-0.39, 0.29) is 0 Å². The molecule has 2 heterocycles. The predicted molar refractivity (Wildman–Crippen MR) is 77.5 cm³/mol. The van der Waals surface area contributed by atoms with Crippen LogP contribution in [-0.2, 0) is 6.18 Å². The molecule has 0 bridgehead atoms. The molecule has 0 N–H and O–H groups in total. The van der Waals surface area contributed by atoms with Gasteiger partial charge in [0, 0.05) is 30.9 Å². The van der Waals surface area contributed by atoms with E-state index in [1.807, 2.05) is 0 Å². The van der Waals surface area contributed by atoms with E-state index in [1.54, 1.807) is 12.1 Å². The van der Waals surface area contributed by atoms with Crippen molar-refractivity contribution >= 4 is 5.69 Å². The highest BCUT2D eigenvalue weighted by molar-refractivity contribution is 5.50. The van der Waals surface area contributed by atoms with Crippen molar-refractivity contribution in [3.8, 4) is 0 Å². The van der Waals surface area contributed by atoms with Crippen molar-refractivity contribution in [3.63, 3.8) is 0 Å². The molecule has 2 unspecified atom stereocenters. The number of hydrogen-bond donors (Lipinski definition) is 0. The Morgan fingerprint density at radius 1 is 1.14 bits per heavy atom. The minimum Gasteiger partial charge on any atom is -0.366 e. The molecule has 0 saturated carbocycles. The van der Waals surface area contributed by atoms with Gasteiger partial charge in [0.1, 0.15) is 0 Å². The van der Waals surface area contributed by atoms with Crippen LogP contribution in [0.5, 0.6) is 0 Å². The van der Waals surface area contributed by atoms with Crippen LogP contribution in [0.1, 0.15) is 31.7 Å². The third-order valence-electron chi connectivity index (χ3n) is 4.79. The molecule has 0 radical (unpaired) electrons. The third-order valence-corrected chi connectivity index (χ3v) is 4.79. The number of benzene rings is 1. The second kappa shape index (κ2) is 5.52. The fraction of sp³-hybridized carbons (Fsp3) is 0.625. The lowest BCUT2D eigenvalue weighted by Crippen LogP contribution is -2.56. The van der Waals surface area contributed by atoms with Crippen molar-refractivity contribution in [2.75, 3.05) is 24.5 Å². The van der Waals surface area contributed by atoms with Crippen LogP contribution in [0.2, 0.25) is 0 Å². The van der Waals surface area contributed by atoms with Gasteiger partial charge in [0.2, 0.25) is 0 Å². The number of alkyl halides is 3. The Morgan fingerprint density at radius 2 is 1.86 bits per heavy atom. The third kappa shape index (κ3) is 2.89. The summed E-state index contributed by atoms with van der Waals surface area (Å²) >= 11 is 0. The Hall–Kier alpha value is -1.23. The van der Waals surface area contributed by atoms with Crippen LogP contribution in [-0.4, -0.2) is 36.6 Å². The number of hydrogen-bond acceptors (Lipinski definition) is 2. The van der Waals surface area contributed by atoms with E-state index in [0.717, 1.165) is 25.2 Å². The van der Waals surface area contributed by atoms with Crippen molar-refractivity contribution < 1.29 is 13.2 Å². The Balaban J connectivity index is 1.81. The topological polar surface area (TPSA) is 6.48 Å². The highest BCUT2D eigenvalue weighted by atomic mass is 19.4. The van der Waals surface area contributed by atoms with Gasteiger partial charge in [-0.25, -0.2) is 0 Å². The van der Waals surface area contributed by atoms with Crippen molar-refractivity contribution in [1.29, 1.82) is 0 Å². The zero-order chi connectivity index (χ0) is 15.0. The SMILES string of the molecule is CCC1CN2CCCC2CN1c1ccc(C(F)(F)F)cc1. The van der Waals surface area contributed by atoms with E-state index in [9.17, 15) is 13.2 Å². The molecule has 21 heavy (non-hydrogen) atoms. The summed E-state index contributed by atoms with van der Waals surface area (Å²) in [6, 6.07) is 6.60. The molecule has 0 aliphatic carbocycles. The number of anilines is 1. The number of nitrogens with zero attached hydrogens (tertiary/aromatic N) is 2. The standard InChI is InChI=1S/C16H21F3N2/c1-2-13-10-20-9-3-4-15(20)11-21(13)14-7-5-12(6-8-14)16(17,18)19/h5-8,13,15H,2-4,9-11H2,1H3. The molecule has 2 saturated heterocycles. The molecule has 2 nitrogen and oxygen atoms in total. The second-order valence-electron chi connectivity index (χ2n) is 6.05. The van der Waals surface area contributed by atoms with Crippen LogP contribution in [0.15, 0.2) is 24.3 Å². The molecular weight excluding hydrogens is 277 g/mol. The van der Waals surface area contributed by atoms with Crippen LogP contribution >= 0.6 is 0 Å². The zero-order valence-corrected chi connectivity index (χ0v) is 12.2. The van der Waals surface area contributed by atoms with Gasteiger partial charge >= 0.3 is 6.18 Å². The monoisotopic (exact) mass is 298 g/mol. The maximum Gasteiger partial charge on any atom is 0.416 e. The second-order valence-corrected chi connectivity index (χ2v) is 6.05. The maximum absolute atomic E-state index is 12.7. The lowest BCUT2D eigenvalue weighted by atomic mass is 10.0. The minimum atomic E-state index is -4.26. The summed E-state index contributed by atoms with van der Waals surface area (Å²) in [6.45, 7) is 5.28. The number of piperazine rings is 1. The number of halogens is 3. The average Bonchev–Trinajstić information content (AvgIpc) is 2.92. The van der Waals surface area contributed by atoms with Gasteiger partial charge in [0.25, 0.3) is 0 Å². The Morgan fingerprint density at radius 3 is 2.48 bits per heavy atom. The molecule has 1 aromatic rings. The number of rotatable bonds is 2. The highest BCUT2D eigenvalue weighted by Crippen LogP contribution is 2.33. The summed E-state index contributed by atoms with van der Waals surface area (Å²) in [5, 5.41) is 0. The van der Waals surface area contributed by atoms with Crippen LogP contribution in [0.3, 0.4) is 0 Å². The molecule has 2 aliphatic heterocycles. The van der Waals surface area contributed by atoms with E-state index >= 15 is 0 Å². The first kappa shape index (κ1) is 14.7. The highest BCUT2D eigenvalue weighted by Gasteiger charge is 2.36. The normalized spacial score (nSPS) is 27.0. The molecule has 116 valence electrons. The molecule has 2 atom stereocenters. The molecule has 0 amide bonds. The molecular formula is C16H21F3N2. The minimum absolute atomic E-state index is 0.399. The van der Waals surface area contributed by atoms with Crippen LogP contribution in [0.25, 0.3) is 0 Å². The molecule has 1 aromatic carbocycles. The first-order valence-electron chi connectivity index (χ1n) is 7.67. The van der Waals surface area contributed by atoms with Crippen molar-refractivity contribution in [2.24, 2.45) is 0 Å². The largest absolute Gasteiger partial charge is 0.416 e. The molecule has 2 fully saturated rings. The summed E-state index contributed by atoms with van der Waals surface area (Å²) in [5.41, 5.74) is 0.347. The summed E-state index contributed by atoms with van der Waals surface area (Å²) in [6.07, 6.45) is -0.799.